The molecule has 1 aromatic rings. The van der Waals surface area contributed by atoms with Crippen molar-refractivity contribution in [3.05, 3.63) is 33.8 Å². The Labute approximate surface area is 122 Å². The fraction of sp³-hybridized carbons (Fsp3) is 0.182. The van der Waals surface area contributed by atoms with Crippen LogP contribution < -0.4 is 4.74 Å². The number of halogens is 1. The van der Waals surface area contributed by atoms with Gasteiger partial charge < -0.3 is 14.9 Å². The zero-order valence-electron chi connectivity index (χ0n) is 9.78. The Hall–Kier alpha value is -1.58. The number of benzene rings is 1. The van der Waals surface area contributed by atoms with Crippen LogP contribution in [0.5, 0.6) is 5.75 Å². The molecule has 2 rings (SSSR count). The van der Waals surface area contributed by atoms with Crippen LogP contribution in [0.15, 0.2) is 22.7 Å². The molecule has 1 unspecified atom stereocenters. The van der Waals surface area contributed by atoms with Gasteiger partial charge in [-0.05, 0) is 33.6 Å². The average molecular weight is 365 g/mol. The highest BCUT2D eigenvalue weighted by molar-refractivity contribution is 9.10. The molecule has 0 spiro atoms. The minimum absolute atomic E-state index is 0.0155. The van der Waals surface area contributed by atoms with Crippen molar-refractivity contribution >= 4 is 37.8 Å². The number of carboxylic acid groups (broad SMARTS) is 1. The molecule has 0 saturated carbocycles. The largest absolute Gasteiger partial charge is 0.507 e. The Kier molecular flexibility index (Phi) is 3.76. The number of aliphatic hydroxyl groups is 1. The highest BCUT2D eigenvalue weighted by atomic mass is 79.9. The van der Waals surface area contributed by atoms with Gasteiger partial charge in [-0.1, -0.05) is 0 Å². The summed E-state index contributed by atoms with van der Waals surface area (Å²) < 4.78 is 36.4. The summed E-state index contributed by atoms with van der Waals surface area (Å²) in [6.45, 7) is 0. The molecule has 0 fully saturated rings. The molecule has 0 aliphatic carbocycles. The summed E-state index contributed by atoms with van der Waals surface area (Å²) in [5, 5.41) is 18.6. The lowest BCUT2D eigenvalue weighted by Crippen LogP contribution is -2.28. The predicted octanol–water partition coefficient (Wildman–Crippen LogP) is 1.58. The first-order chi connectivity index (χ1) is 9.18. The molecule has 1 heterocycles. The molecule has 0 radical (unpaired) electrons. The Morgan fingerprint density at radius 1 is 1.40 bits per heavy atom. The van der Waals surface area contributed by atoms with Crippen LogP contribution in [0.25, 0.3) is 5.76 Å². The van der Waals surface area contributed by atoms with Gasteiger partial charge in [0.25, 0.3) is 0 Å². The molecule has 0 saturated heterocycles. The first-order valence-corrected chi connectivity index (χ1v) is 7.56. The van der Waals surface area contributed by atoms with Crippen LogP contribution in [0, 0.1) is 0 Å². The second kappa shape index (κ2) is 5.08. The lowest BCUT2D eigenvalue weighted by molar-refractivity contribution is -0.136. The van der Waals surface area contributed by atoms with Crippen LogP contribution in [-0.4, -0.2) is 34.6 Å². The SMILES string of the molecule is O=C(O)Cc1cc(Br)c2c(c1)C(O)=CC(S(=O)(=O)O)O2. The van der Waals surface area contributed by atoms with E-state index in [9.17, 15) is 18.3 Å². The van der Waals surface area contributed by atoms with Crippen molar-refractivity contribution in [2.75, 3.05) is 0 Å². The fourth-order valence-electron chi connectivity index (χ4n) is 1.75. The topological polar surface area (TPSA) is 121 Å². The van der Waals surface area contributed by atoms with E-state index < -0.39 is 27.3 Å². The molecule has 1 aliphatic heterocycles. The number of aliphatic hydroxyl groups excluding tert-OH is 1. The van der Waals surface area contributed by atoms with Crippen molar-refractivity contribution in [3.63, 3.8) is 0 Å². The number of aliphatic carboxylic acids is 1. The van der Waals surface area contributed by atoms with E-state index in [1.54, 1.807) is 0 Å². The van der Waals surface area contributed by atoms with Crippen molar-refractivity contribution in [1.82, 2.24) is 0 Å². The van der Waals surface area contributed by atoms with Crippen molar-refractivity contribution in [3.8, 4) is 5.75 Å². The fourth-order valence-corrected chi connectivity index (χ4v) is 2.87. The van der Waals surface area contributed by atoms with Crippen LogP contribution in [0.1, 0.15) is 11.1 Å². The van der Waals surface area contributed by atoms with E-state index >= 15 is 0 Å². The van der Waals surface area contributed by atoms with Gasteiger partial charge in [0.15, 0.2) is 0 Å². The molecule has 7 nitrogen and oxygen atoms in total. The molecule has 1 aromatic carbocycles. The predicted molar refractivity (Wildman–Crippen MR) is 72.1 cm³/mol. The minimum Gasteiger partial charge on any atom is -0.507 e. The second-order valence-corrected chi connectivity index (χ2v) is 6.43. The van der Waals surface area contributed by atoms with Gasteiger partial charge in [0.2, 0.25) is 5.44 Å². The summed E-state index contributed by atoms with van der Waals surface area (Å²) in [5.74, 6) is -1.45. The van der Waals surface area contributed by atoms with Crippen LogP contribution in [0.2, 0.25) is 0 Å². The van der Waals surface area contributed by atoms with E-state index in [-0.39, 0.29) is 22.2 Å². The van der Waals surface area contributed by atoms with Crippen LogP contribution in [-0.2, 0) is 21.3 Å². The van der Waals surface area contributed by atoms with E-state index in [0.29, 0.717) is 5.56 Å². The van der Waals surface area contributed by atoms with Crippen molar-refractivity contribution in [2.45, 2.75) is 11.9 Å². The molecule has 0 amide bonds. The Balaban J connectivity index is 2.51. The lowest BCUT2D eigenvalue weighted by atomic mass is 10.0. The number of hydrogen-bond acceptors (Lipinski definition) is 5. The van der Waals surface area contributed by atoms with Gasteiger partial charge in [-0.25, -0.2) is 0 Å². The van der Waals surface area contributed by atoms with E-state index in [1.807, 2.05) is 0 Å². The molecular weight excluding hydrogens is 356 g/mol. The smallest absolute Gasteiger partial charge is 0.307 e. The third kappa shape index (κ3) is 2.94. The first-order valence-electron chi connectivity index (χ1n) is 5.27. The Morgan fingerprint density at radius 3 is 2.60 bits per heavy atom. The Morgan fingerprint density at radius 2 is 2.05 bits per heavy atom. The second-order valence-electron chi connectivity index (χ2n) is 4.08. The third-order valence-electron chi connectivity index (χ3n) is 2.56. The number of rotatable bonds is 3. The highest BCUT2D eigenvalue weighted by Gasteiger charge is 2.31. The lowest BCUT2D eigenvalue weighted by Gasteiger charge is -2.22. The molecular formula is C11H9BrO7S. The van der Waals surface area contributed by atoms with Crippen molar-refractivity contribution in [1.29, 1.82) is 0 Å². The molecule has 108 valence electrons. The van der Waals surface area contributed by atoms with Crippen LogP contribution >= 0.6 is 15.9 Å². The van der Waals surface area contributed by atoms with E-state index in [2.05, 4.69) is 15.9 Å². The van der Waals surface area contributed by atoms with Crippen LogP contribution in [0.4, 0.5) is 0 Å². The van der Waals surface area contributed by atoms with Gasteiger partial charge >= 0.3 is 16.1 Å². The summed E-state index contributed by atoms with van der Waals surface area (Å²) >= 11 is 3.11. The number of hydrogen-bond donors (Lipinski definition) is 3. The first kappa shape index (κ1) is 14.8. The van der Waals surface area contributed by atoms with Gasteiger partial charge in [-0.15, -0.1) is 0 Å². The van der Waals surface area contributed by atoms with E-state index in [0.717, 1.165) is 6.08 Å². The average Bonchev–Trinajstić information content (AvgIpc) is 2.28. The maximum absolute atomic E-state index is 11.0. The van der Waals surface area contributed by atoms with Gasteiger partial charge in [0, 0.05) is 6.08 Å². The maximum atomic E-state index is 11.0. The number of fused-ring (bicyclic) bond motifs is 1. The summed E-state index contributed by atoms with van der Waals surface area (Å²) in [5.41, 5.74) is -1.16. The summed E-state index contributed by atoms with van der Waals surface area (Å²) in [6.07, 6.45) is 0.565. The van der Waals surface area contributed by atoms with Gasteiger partial charge in [0.05, 0.1) is 16.5 Å². The molecule has 0 aromatic heterocycles. The van der Waals surface area contributed by atoms with Crippen molar-refractivity contribution < 1.29 is 32.7 Å². The standard InChI is InChI=1S/C11H9BrO7S/c12-7-2-5(3-9(14)15)1-6-8(13)4-10(19-11(6)7)20(16,17)18/h1-2,4,10,13H,3H2,(H,14,15)(H,16,17,18). The van der Waals surface area contributed by atoms with Gasteiger partial charge in [0.1, 0.15) is 11.5 Å². The highest BCUT2D eigenvalue weighted by Crippen LogP contribution is 2.39. The normalized spacial score (nSPS) is 17.9. The molecule has 0 bridgehead atoms. The minimum atomic E-state index is -4.52. The van der Waals surface area contributed by atoms with Crippen LogP contribution in [0.3, 0.4) is 0 Å². The monoisotopic (exact) mass is 364 g/mol. The molecule has 3 N–H and O–H groups in total. The van der Waals surface area contributed by atoms with Gasteiger partial charge in [-0.2, -0.15) is 8.42 Å². The Bertz CT molecular complexity index is 708. The number of carbonyl (C=O) groups is 1. The number of carboxylic acids is 1. The van der Waals surface area contributed by atoms with Crippen molar-refractivity contribution in [2.24, 2.45) is 0 Å². The summed E-state index contributed by atoms with van der Waals surface area (Å²) in [6, 6.07) is 2.81. The van der Waals surface area contributed by atoms with E-state index in [4.69, 9.17) is 14.4 Å². The zero-order chi connectivity index (χ0) is 15.1. The number of ether oxygens (including phenoxy) is 1. The summed E-state index contributed by atoms with van der Waals surface area (Å²) in [7, 11) is -4.52. The molecule has 20 heavy (non-hydrogen) atoms. The molecule has 1 aliphatic rings. The summed E-state index contributed by atoms with van der Waals surface area (Å²) in [4.78, 5) is 10.7. The van der Waals surface area contributed by atoms with E-state index in [1.165, 1.54) is 12.1 Å². The quantitative estimate of drug-likeness (QED) is 0.696. The molecule has 9 heteroatoms. The third-order valence-corrected chi connectivity index (χ3v) is 3.96. The van der Waals surface area contributed by atoms with Gasteiger partial charge in [-0.3, -0.25) is 9.35 Å². The maximum Gasteiger partial charge on any atom is 0.307 e. The molecule has 1 atom stereocenters. The zero-order valence-corrected chi connectivity index (χ0v) is 12.2.